The summed E-state index contributed by atoms with van der Waals surface area (Å²) >= 11 is 1.65. The zero-order valence-corrected chi connectivity index (χ0v) is 19.5. The molecule has 2 aliphatic rings. The molecule has 3 atom stereocenters. The van der Waals surface area contributed by atoms with Crippen LogP contribution in [0.3, 0.4) is 0 Å². The Hall–Kier alpha value is -2.61. The number of ether oxygens (including phenoxy) is 2. The van der Waals surface area contributed by atoms with Crippen LogP contribution in [0.1, 0.15) is 38.7 Å². The first-order valence-corrected chi connectivity index (χ1v) is 11.8. The van der Waals surface area contributed by atoms with Crippen LogP contribution >= 0.6 is 11.8 Å². The number of allylic oxidation sites excluding steroid dienone is 3. The number of dihydropyridines is 1. The second-order valence-corrected chi connectivity index (χ2v) is 9.32. The van der Waals surface area contributed by atoms with Gasteiger partial charge >= 0.3 is 11.9 Å². The van der Waals surface area contributed by atoms with Gasteiger partial charge < -0.3 is 14.8 Å². The molecule has 0 unspecified atom stereocenters. The Bertz CT molecular complexity index is 986. The van der Waals surface area contributed by atoms with Crippen LogP contribution in [0.25, 0.3) is 0 Å². The van der Waals surface area contributed by atoms with Gasteiger partial charge in [0.05, 0.1) is 12.7 Å². The van der Waals surface area contributed by atoms with E-state index in [1.807, 2.05) is 13.8 Å². The number of methoxy groups -OCH3 is 1. The molecule has 172 valence electrons. The van der Waals surface area contributed by atoms with Crippen LogP contribution in [0.5, 0.6) is 0 Å². The number of esters is 2. The molecule has 0 spiro atoms. The van der Waals surface area contributed by atoms with E-state index in [0.717, 1.165) is 5.75 Å². The standard InChI is InChI=1S/C24H28FNO5S/c1-5-32-10-9-31-24(29)19-14(3)26-17-11-13(2)18(23(28)30-4)22(27)21(17)20(19)15-7-6-8-16(25)12-15/h6-8,12-13,18,20,26H,5,9-11H2,1-4H3/t13-,18+,20-/m0/s1. The van der Waals surface area contributed by atoms with Gasteiger partial charge in [0.25, 0.3) is 0 Å². The number of nitrogens with one attached hydrogen (secondary N) is 1. The molecule has 3 rings (SSSR count). The molecule has 1 aliphatic heterocycles. The fraction of sp³-hybridized carbons (Fsp3) is 0.458. The Morgan fingerprint density at radius 3 is 2.72 bits per heavy atom. The van der Waals surface area contributed by atoms with Gasteiger partial charge in [-0.1, -0.05) is 26.0 Å². The molecule has 0 saturated heterocycles. The zero-order valence-electron chi connectivity index (χ0n) is 18.7. The molecule has 0 saturated carbocycles. The summed E-state index contributed by atoms with van der Waals surface area (Å²) in [5.41, 5.74) is 2.21. The quantitative estimate of drug-likeness (QED) is 0.376. The topological polar surface area (TPSA) is 81.7 Å². The minimum atomic E-state index is -0.978. The average Bonchev–Trinajstić information content (AvgIpc) is 2.75. The molecule has 8 heteroatoms. The van der Waals surface area contributed by atoms with Gasteiger partial charge in [0.1, 0.15) is 18.3 Å². The van der Waals surface area contributed by atoms with Crippen molar-refractivity contribution in [3.63, 3.8) is 0 Å². The third kappa shape index (κ3) is 4.75. The Balaban J connectivity index is 2.07. The Labute approximate surface area is 191 Å². The van der Waals surface area contributed by atoms with Gasteiger partial charge in [-0.2, -0.15) is 11.8 Å². The largest absolute Gasteiger partial charge is 0.468 e. The van der Waals surface area contributed by atoms with Crippen molar-refractivity contribution in [2.24, 2.45) is 11.8 Å². The number of Topliss-reactive ketones (excluding diaryl/α,β-unsaturated/α-hetero) is 1. The number of benzene rings is 1. The highest BCUT2D eigenvalue weighted by Crippen LogP contribution is 2.45. The number of hydrogen-bond acceptors (Lipinski definition) is 7. The summed E-state index contributed by atoms with van der Waals surface area (Å²) in [7, 11) is 1.25. The summed E-state index contributed by atoms with van der Waals surface area (Å²) in [5, 5.41) is 3.19. The van der Waals surface area contributed by atoms with Gasteiger partial charge in [-0.05, 0) is 42.7 Å². The molecule has 1 aliphatic carbocycles. The molecule has 0 bridgehead atoms. The van der Waals surface area contributed by atoms with Crippen LogP contribution in [0.2, 0.25) is 0 Å². The minimum absolute atomic E-state index is 0.228. The maximum atomic E-state index is 14.2. The van der Waals surface area contributed by atoms with Crippen molar-refractivity contribution in [3.05, 3.63) is 58.2 Å². The van der Waals surface area contributed by atoms with E-state index in [2.05, 4.69) is 5.32 Å². The van der Waals surface area contributed by atoms with Gasteiger partial charge in [-0.15, -0.1) is 0 Å². The predicted molar refractivity (Wildman–Crippen MR) is 120 cm³/mol. The van der Waals surface area contributed by atoms with Crippen molar-refractivity contribution in [2.45, 2.75) is 33.1 Å². The molecule has 32 heavy (non-hydrogen) atoms. The lowest BCUT2D eigenvalue weighted by molar-refractivity contribution is -0.151. The van der Waals surface area contributed by atoms with E-state index < -0.39 is 35.4 Å². The molecular weight excluding hydrogens is 433 g/mol. The normalized spacial score (nSPS) is 22.9. The maximum Gasteiger partial charge on any atom is 0.336 e. The average molecular weight is 462 g/mol. The van der Waals surface area contributed by atoms with Crippen LogP contribution in [-0.2, 0) is 23.9 Å². The number of halogens is 1. The van der Waals surface area contributed by atoms with Crippen LogP contribution in [0.4, 0.5) is 4.39 Å². The van der Waals surface area contributed by atoms with E-state index in [1.54, 1.807) is 24.8 Å². The van der Waals surface area contributed by atoms with Crippen molar-refractivity contribution < 1.29 is 28.2 Å². The summed E-state index contributed by atoms with van der Waals surface area (Å²) in [6, 6.07) is 5.83. The van der Waals surface area contributed by atoms with Gasteiger partial charge in [0.15, 0.2) is 5.78 Å². The highest BCUT2D eigenvalue weighted by Gasteiger charge is 2.47. The Morgan fingerprint density at radius 1 is 1.31 bits per heavy atom. The fourth-order valence-corrected chi connectivity index (χ4v) is 4.88. The molecule has 1 aromatic carbocycles. The maximum absolute atomic E-state index is 14.2. The van der Waals surface area contributed by atoms with E-state index in [1.165, 1.54) is 25.3 Å². The zero-order chi connectivity index (χ0) is 23.4. The molecule has 0 amide bonds. The van der Waals surface area contributed by atoms with Crippen LogP contribution in [-0.4, -0.2) is 42.9 Å². The first-order chi connectivity index (χ1) is 15.3. The van der Waals surface area contributed by atoms with E-state index in [4.69, 9.17) is 9.47 Å². The highest BCUT2D eigenvalue weighted by atomic mass is 32.2. The summed E-state index contributed by atoms with van der Waals surface area (Å²) in [6.45, 7) is 5.81. The molecule has 1 N–H and O–H groups in total. The predicted octanol–water partition coefficient (Wildman–Crippen LogP) is 3.74. The number of ketones is 1. The smallest absolute Gasteiger partial charge is 0.336 e. The third-order valence-electron chi connectivity index (χ3n) is 5.81. The number of carbonyl (C=O) groups is 3. The molecule has 6 nitrogen and oxygen atoms in total. The van der Waals surface area contributed by atoms with E-state index in [0.29, 0.717) is 34.7 Å². The highest BCUT2D eigenvalue weighted by molar-refractivity contribution is 7.99. The minimum Gasteiger partial charge on any atom is -0.468 e. The lowest BCUT2D eigenvalue weighted by atomic mass is 9.69. The molecular formula is C24H28FNO5S. The van der Waals surface area contributed by atoms with Crippen LogP contribution < -0.4 is 5.32 Å². The molecule has 1 heterocycles. The van der Waals surface area contributed by atoms with Crippen LogP contribution in [0.15, 0.2) is 46.8 Å². The van der Waals surface area contributed by atoms with E-state index in [9.17, 15) is 18.8 Å². The fourth-order valence-electron chi connectivity index (χ4n) is 4.39. The van der Waals surface area contributed by atoms with Crippen molar-refractivity contribution in [2.75, 3.05) is 25.2 Å². The molecule has 0 fully saturated rings. The second kappa shape index (κ2) is 10.3. The lowest BCUT2D eigenvalue weighted by Crippen LogP contribution is -2.43. The Morgan fingerprint density at radius 2 is 2.06 bits per heavy atom. The van der Waals surface area contributed by atoms with Gasteiger partial charge in [-0.25, -0.2) is 9.18 Å². The first kappa shape index (κ1) is 24.0. The van der Waals surface area contributed by atoms with E-state index in [-0.39, 0.29) is 18.1 Å². The lowest BCUT2D eigenvalue weighted by Gasteiger charge is -2.38. The van der Waals surface area contributed by atoms with Crippen molar-refractivity contribution in [1.29, 1.82) is 0 Å². The summed E-state index contributed by atoms with van der Waals surface area (Å²) in [5.74, 6) is -2.59. The number of thioether (sulfide) groups is 1. The van der Waals surface area contributed by atoms with Crippen LogP contribution in [0, 0.1) is 17.7 Å². The summed E-state index contributed by atoms with van der Waals surface area (Å²) in [4.78, 5) is 39.0. The van der Waals surface area contributed by atoms with Crippen molar-refractivity contribution in [3.8, 4) is 0 Å². The Kier molecular flexibility index (Phi) is 7.77. The molecule has 0 radical (unpaired) electrons. The van der Waals surface area contributed by atoms with Crippen molar-refractivity contribution in [1.82, 2.24) is 5.32 Å². The molecule has 1 aromatic rings. The van der Waals surface area contributed by atoms with E-state index >= 15 is 0 Å². The molecule has 0 aromatic heterocycles. The number of rotatable bonds is 7. The third-order valence-corrected chi connectivity index (χ3v) is 6.67. The van der Waals surface area contributed by atoms with Crippen molar-refractivity contribution >= 4 is 29.5 Å². The summed E-state index contributed by atoms with van der Waals surface area (Å²) < 4.78 is 24.5. The summed E-state index contributed by atoms with van der Waals surface area (Å²) in [6.07, 6.45) is 0.430. The van der Waals surface area contributed by atoms with Gasteiger partial charge in [0, 0.05) is 28.6 Å². The second-order valence-electron chi connectivity index (χ2n) is 7.92. The van der Waals surface area contributed by atoms with Gasteiger partial charge in [-0.3, -0.25) is 9.59 Å². The number of hydrogen-bond donors (Lipinski definition) is 1. The monoisotopic (exact) mass is 461 g/mol. The van der Waals surface area contributed by atoms with Gasteiger partial charge in [0.2, 0.25) is 0 Å². The SMILES string of the molecule is CCSCCOC(=O)C1=C(C)NC2=C(C(=O)[C@H](C(=O)OC)[C@@H](C)C2)[C@H]1c1cccc(F)c1. The first-order valence-electron chi connectivity index (χ1n) is 10.6. The number of carbonyl (C=O) groups excluding carboxylic acids is 3.